The number of amides is 1. The zero-order valence-corrected chi connectivity index (χ0v) is 12.1. The third kappa shape index (κ3) is 1.76. The highest BCUT2D eigenvalue weighted by atomic mass is 16.5. The molecular weight excluding hydrogens is 240 g/mol. The lowest BCUT2D eigenvalue weighted by molar-refractivity contribution is -0.176. The molecule has 0 spiro atoms. The van der Waals surface area contributed by atoms with Gasteiger partial charge in [-0.2, -0.15) is 0 Å². The van der Waals surface area contributed by atoms with Crippen molar-refractivity contribution < 1.29 is 9.53 Å². The van der Waals surface area contributed by atoms with E-state index in [1.54, 1.807) is 0 Å². The van der Waals surface area contributed by atoms with Crippen molar-refractivity contribution in [3.63, 3.8) is 0 Å². The Balaban J connectivity index is 1.71. The molecule has 4 nitrogen and oxygen atoms in total. The van der Waals surface area contributed by atoms with Crippen molar-refractivity contribution in [1.82, 2.24) is 5.32 Å². The SMILES string of the molecule is CC1(C)C2OCCC2C1(N)C(=O)NC1CCCCC1. The fourth-order valence-electron chi connectivity index (χ4n) is 4.40. The van der Waals surface area contributed by atoms with Gasteiger partial charge in [0.15, 0.2) is 0 Å². The molecule has 1 saturated heterocycles. The van der Waals surface area contributed by atoms with E-state index in [1.165, 1.54) is 19.3 Å². The Morgan fingerprint density at radius 2 is 1.89 bits per heavy atom. The summed E-state index contributed by atoms with van der Waals surface area (Å²) in [6.45, 7) is 4.88. The molecule has 3 N–H and O–H groups in total. The van der Waals surface area contributed by atoms with Gasteiger partial charge >= 0.3 is 0 Å². The fourth-order valence-corrected chi connectivity index (χ4v) is 4.40. The van der Waals surface area contributed by atoms with E-state index in [1.807, 2.05) is 0 Å². The van der Waals surface area contributed by atoms with Gasteiger partial charge < -0.3 is 15.8 Å². The second-order valence-electron chi connectivity index (χ2n) is 7.09. The molecule has 108 valence electrons. The molecule has 4 heteroatoms. The summed E-state index contributed by atoms with van der Waals surface area (Å²) in [6.07, 6.45) is 7.03. The van der Waals surface area contributed by atoms with Crippen LogP contribution in [0.1, 0.15) is 52.4 Å². The molecule has 3 rings (SSSR count). The number of nitrogens with one attached hydrogen (secondary N) is 1. The first-order valence-corrected chi connectivity index (χ1v) is 7.69. The normalized spacial score (nSPS) is 41.4. The van der Waals surface area contributed by atoms with E-state index in [9.17, 15) is 4.79 Å². The molecular formula is C15H26N2O2. The number of nitrogens with two attached hydrogens (primary N) is 1. The highest BCUT2D eigenvalue weighted by Crippen LogP contribution is 2.58. The minimum absolute atomic E-state index is 0.0520. The van der Waals surface area contributed by atoms with Gasteiger partial charge in [-0.1, -0.05) is 33.1 Å². The van der Waals surface area contributed by atoms with Gasteiger partial charge in [0.25, 0.3) is 0 Å². The molecule has 0 aromatic rings. The third-order valence-corrected chi connectivity index (χ3v) is 5.77. The Morgan fingerprint density at radius 1 is 1.21 bits per heavy atom. The Hall–Kier alpha value is -0.610. The molecule has 2 saturated carbocycles. The lowest BCUT2D eigenvalue weighted by Crippen LogP contribution is -2.80. The van der Waals surface area contributed by atoms with Crippen LogP contribution in [0.4, 0.5) is 0 Å². The summed E-state index contributed by atoms with van der Waals surface area (Å²) >= 11 is 0. The van der Waals surface area contributed by atoms with Crippen LogP contribution in [0.2, 0.25) is 0 Å². The number of carbonyl (C=O) groups is 1. The van der Waals surface area contributed by atoms with Crippen molar-refractivity contribution in [2.45, 2.75) is 70.1 Å². The maximum Gasteiger partial charge on any atom is 0.241 e. The zero-order valence-electron chi connectivity index (χ0n) is 12.1. The second-order valence-corrected chi connectivity index (χ2v) is 7.09. The highest BCUT2D eigenvalue weighted by molar-refractivity contribution is 5.89. The van der Waals surface area contributed by atoms with E-state index in [0.29, 0.717) is 6.04 Å². The molecule has 1 heterocycles. The molecule has 2 aliphatic carbocycles. The summed E-state index contributed by atoms with van der Waals surface area (Å²) in [4.78, 5) is 12.7. The van der Waals surface area contributed by atoms with E-state index in [2.05, 4.69) is 19.2 Å². The quantitative estimate of drug-likeness (QED) is 0.797. The molecule has 1 amide bonds. The summed E-state index contributed by atoms with van der Waals surface area (Å²) in [5.41, 5.74) is 5.53. The minimum atomic E-state index is -0.744. The average Bonchev–Trinajstić information content (AvgIpc) is 2.87. The summed E-state index contributed by atoms with van der Waals surface area (Å²) in [5, 5.41) is 3.21. The van der Waals surface area contributed by atoms with Crippen molar-refractivity contribution in [2.75, 3.05) is 6.61 Å². The van der Waals surface area contributed by atoms with Crippen LogP contribution in [0.5, 0.6) is 0 Å². The van der Waals surface area contributed by atoms with E-state index in [-0.39, 0.29) is 23.3 Å². The van der Waals surface area contributed by atoms with Crippen LogP contribution >= 0.6 is 0 Å². The number of fused-ring (bicyclic) bond motifs is 1. The van der Waals surface area contributed by atoms with Crippen LogP contribution in [0, 0.1) is 11.3 Å². The molecule has 3 fully saturated rings. The molecule has 3 unspecified atom stereocenters. The number of ether oxygens (including phenoxy) is 1. The van der Waals surface area contributed by atoms with Gasteiger partial charge in [0.05, 0.1) is 6.10 Å². The van der Waals surface area contributed by atoms with Crippen LogP contribution in [-0.2, 0) is 9.53 Å². The Kier molecular flexibility index (Phi) is 3.13. The first-order valence-electron chi connectivity index (χ1n) is 7.69. The second kappa shape index (κ2) is 4.45. The Morgan fingerprint density at radius 3 is 2.58 bits per heavy atom. The van der Waals surface area contributed by atoms with Gasteiger partial charge in [0.1, 0.15) is 5.54 Å². The predicted octanol–water partition coefficient (Wildman–Crippen LogP) is 1.58. The summed E-state index contributed by atoms with van der Waals surface area (Å²) < 4.78 is 5.74. The Bertz CT molecular complexity index is 376. The standard InChI is InChI=1S/C15H26N2O2/c1-14(2)12-11(8-9-19-12)15(14,16)13(18)17-10-6-4-3-5-7-10/h10-12H,3-9,16H2,1-2H3,(H,17,18). The topological polar surface area (TPSA) is 64.3 Å². The zero-order chi connectivity index (χ0) is 13.7. The summed E-state index contributed by atoms with van der Waals surface area (Å²) in [6, 6.07) is 0.332. The number of hydrogen-bond acceptors (Lipinski definition) is 3. The Labute approximate surface area is 115 Å². The van der Waals surface area contributed by atoms with E-state index in [0.717, 1.165) is 25.9 Å². The van der Waals surface area contributed by atoms with Crippen molar-refractivity contribution >= 4 is 5.91 Å². The number of rotatable bonds is 2. The maximum absolute atomic E-state index is 12.7. The van der Waals surface area contributed by atoms with Gasteiger partial charge in [-0.05, 0) is 19.3 Å². The van der Waals surface area contributed by atoms with Crippen LogP contribution in [0.3, 0.4) is 0 Å². The first-order chi connectivity index (χ1) is 8.98. The molecule has 0 aromatic heterocycles. The third-order valence-electron chi connectivity index (χ3n) is 5.77. The van der Waals surface area contributed by atoms with Crippen molar-refractivity contribution in [3.8, 4) is 0 Å². The van der Waals surface area contributed by atoms with Crippen LogP contribution < -0.4 is 11.1 Å². The molecule has 3 atom stereocenters. The van der Waals surface area contributed by atoms with Crippen molar-refractivity contribution in [1.29, 1.82) is 0 Å². The first kappa shape index (κ1) is 13.4. The van der Waals surface area contributed by atoms with Gasteiger partial charge in [0, 0.05) is 24.0 Å². The highest BCUT2D eigenvalue weighted by Gasteiger charge is 2.71. The summed E-state index contributed by atoms with van der Waals surface area (Å²) in [7, 11) is 0. The maximum atomic E-state index is 12.7. The number of hydrogen-bond donors (Lipinski definition) is 2. The smallest absolute Gasteiger partial charge is 0.241 e. The van der Waals surface area contributed by atoms with Crippen LogP contribution in [0.25, 0.3) is 0 Å². The monoisotopic (exact) mass is 266 g/mol. The van der Waals surface area contributed by atoms with Gasteiger partial charge in [-0.25, -0.2) is 0 Å². The molecule has 0 aromatic carbocycles. The van der Waals surface area contributed by atoms with E-state index in [4.69, 9.17) is 10.5 Å². The molecule has 1 aliphatic heterocycles. The van der Waals surface area contributed by atoms with Crippen LogP contribution in [-0.4, -0.2) is 30.2 Å². The fraction of sp³-hybridized carbons (Fsp3) is 0.933. The molecule has 0 radical (unpaired) electrons. The predicted molar refractivity (Wildman–Crippen MR) is 73.6 cm³/mol. The van der Waals surface area contributed by atoms with E-state index < -0.39 is 5.54 Å². The molecule has 19 heavy (non-hydrogen) atoms. The van der Waals surface area contributed by atoms with Crippen LogP contribution in [0.15, 0.2) is 0 Å². The largest absolute Gasteiger partial charge is 0.377 e. The van der Waals surface area contributed by atoms with Crippen molar-refractivity contribution in [3.05, 3.63) is 0 Å². The van der Waals surface area contributed by atoms with Gasteiger partial charge in [0.2, 0.25) is 5.91 Å². The average molecular weight is 266 g/mol. The van der Waals surface area contributed by atoms with Crippen molar-refractivity contribution in [2.24, 2.45) is 17.1 Å². The number of carbonyl (C=O) groups excluding carboxylic acids is 1. The minimum Gasteiger partial charge on any atom is -0.377 e. The van der Waals surface area contributed by atoms with E-state index >= 15 is 0 Å². The molecule has 3 aliphatic rings. The van der Waals surface area contributed by atoms with Gasteiger partial charge in [-0.15, -0.1) is 0 Å². The lowest BCUT2D eigenvalue weighted by atomic mass is 9.48. The lowest BCUT2D eigenvalue weighted by Gasteiger charge is -2.60. The summed E-state index contributed by atoms with van der Waals surface area (Å²) in [5.74, 6) is 0.252. The molecule has 0 bridgehead atoms. The van der Waals surface area contributed by atoms with Gasteiger partial charge in [-0.3, -0.25) is 4.79 Å².